The van der Waals surface area contributed by atoms with E-state index in [1.807, 2.05) is 24.8 Å². The van der Waals surface area contributed by atoms with E-state index in [1.54, 1.807) is 12.1 Å². The summed E-state index contributed by atoms with van der Waals surface area (Å²) in [7, 11) is 0. The van der Waals surface area contributed by atoms with E-state index in [4.69, 9.17) is 11.6 Å². The average molecular weight is 366 g/mol. The van der Waals surface area contributed by atoms with Crippen LogP contribution in [0.15, 0.2) is 18.2 Å². The Morgan fingerprint density at radius 2 is 2.04 bits per heavy atom. The summed E-state index contributed by atoms with van der Waals surface area (Å²) in [5.74, 6) is 2.55. The number of aryl methyl sites for hydroxylation is 1. The molecule has 3 heterocycles. The van der Waals surface area contributed by atoms with Gasteiger partial charge in [0.15, 0.2) is 0 Å². The fraction of sp³-hybridized carbons (Fsp3) is 0.438. The number of carbonyl (C=O) groups excluding carboxylic acids is 1. The van der Waals surface area contributed by atoms with Crippen LogP contribution < -0.4 is 10.2 Å². The summed E-state index contributed by atoms with van der Waals surface area (Å²) in [6.07, 6.45) is 0. The third-order valence-corrected chi connectivity index (χ3v) is 5.08. The summed E-state index contributed by atoms with van der Waals surface area (Å²) in [6, 6.07) is 5.52. The topological polar surface area (TPSA) is 61.4 Å². The normalized spacial score (nSPS) is 14.8. The fourth-order valence-corrected chi connectivity index (χ4v) is 3.72. The lowest BCUT2D eigenvalue weighted by molar-refractivity contribution is 0.0751. The van der Waals surface area contributed by atoms with E-state index in [0.29, 0.717) is 22.3 Å². The van der Waals surface area contributed by atoms with Gasteiger partial charge in [-0.25, -0.2) is 9.97 Å². The van der Waals surface area contributed by atoms with Gasteiger partial charge in [-0.05, 0) is 26.0 Å². The number of halogens is 1. The van der Waals surface area contributed by atoms with Crippen LogP contribution in [0.5, 0.6) is 0 Å². The Balaban J connectivity index is 1.65. The molecule has 0 aliphatic carbocycles. The molecule has 2 aromatic rings. The van der Waals surface area contributed by atoms with E-state index in [0.717, 1.165) is 37.1 Å². The number of carbonyl (C=O) groups is 1. The van der Waals surface area contributed by atoms with Crippen LogP contribution in [0.25, 0.3) is 0 Å². The molecule has 1 amide bonds. The van der Waals surface area contributed by atoms with Gasteiger partial charge in [0.05, 0.1) is 9.21 Å². The maximum absolute atomic E-state index is 12.5. The van der Waals surface area contributed by atoms with Crippen LogP contribution in [0.3, 0.4) is 0 Å². The van der Waals surface area contributed by atoms with Crippen LogP contribution in [-0.4, -0.2) is 53.5 Å². The van der Waals surface area contributed by atoms with Crippen molar-refractivity contribution in [2.24, 2.45) is 0 Å². The molecule has 0 radical (unpaired) electrons. The number of hydrogen-bond donors (Lipinski definition) is 1. The number of nitrogens with zero attached hydrogens (tertiary/aromatic N) is 4. The molecule has 0 spiro atoms. The van der Waals surface area contributed by atoms with Gasteiger partial charge in [-0.3, -0.25) is 4.79 Å². The van der Waals surface area contributed by atoms with E-state index in [2.05, 4.69) is 20.2 Å². The van der Waals surface area contributed by atoms with Gasteiger partial charge in [-0.2, -0.15) is 0 Å². The van der Waals surface area contributed by atoms with Crippen LogP contribution in [0, 0.1) is 6.92 Å². The van der Waals surface area contributed by atoms with Crippen molar-refractivity contribution in [3.63, 3.8) is 0 Å². The molecule has 8 heteroatoms. The molecule has 1 aliphatic heterocycles. The lowest BCUT2D eigenvalue weighted by Gasteiger charge is -2.35. The molecule has 24 heavy (non-hydrogen) atoms. The third-order valence-electron chi connectivity index (χ3n) is 3.86. The van der Waals surface area contributed by atoms with Crippen molar-refractivity contribution in [1.82, 2.24) is 14.9 Å². The predicted octanol–water partition coefficient (Wildman–Crippen LogP) is 2.89. The Bertz CT molecular complexity index is 727. The van der Waals surface area contributed by atoms with Crippen molar-refractivity contribution in [2.45, 2.75) is 13.8 Å². The molecular weight excluding hydrogens is 346 g/mol. The molecule has 1 N–H and O–H groups in total. The van der Waals surface area contributed by atoms with Gasteiger partial charge in [0, 0.05) is 38.8 Å². The minimum atomic E-state index is 0.0544. The number of rotatable bonds is 4. The number of hydrogen-bond acceptors (Lipinski definition) is 6. The van der Waals surface area contributed by atoms with Crippen LogP contribution in [0.4, 0.5) is 11.6 Å². The van der Waals surface area contributed by atoms with Crippen molar-refractivity contribution < 1.29 is 4.79 Å². The zero-order chi connectivity index (χ0) is 17.1. The number of aromatic nitrogens is 2. The maximum atomic E-state index is 12.5. The molecular formula is C16H20ClN5OS. The van der Waals surface area contributed by atoms with E-state index < -0.39 is 0 Å². The first-order valence-electron chi connectivity index (χ1n) is 7.96. The second kappa shape index (κ2) is 7.36. The monoisotopic (exact) mass is 365 g/mol. The summed E-state index contributed by atoms with van der Waals surface area (Å²) in [5, 5.41) is 3.23. The summed E-state index contributed by atoms with van der Waals surface area (Å²) in [5.41, 5.74) is 0. The van der Waals surface area contributed by atoms with Gasteiger partial charge >= 0.3 is 0 Å². The van der Waals surface area contributed by atoms with E-state index in [-0.39, 0.29) is 5.91 Å². The lowest BCUT2D eigenvalue weighted by atomic mass is 10.3. The van der Waals surface area contributed by atoms with Gasteiger partial charge in [0.2, 0.25) is 0 Å². The summed E-state index contributed by atoms with van der Waals surface area (Å²) < 4.78 is 0.643. The predicted molar refractivity (Wildman–Crippen MR) is 98.4 cm³/mol. The number of nitrogens with one attached hydrogen (secondary N) is 1. The number of anilines is 2. The lowest BCUT2D eigenvalue weighted by Crippen LogP contribution is -2.49. The Labute approximate surface area is 150 Å². The van der Waals surface area contributed by atoms with E-state index >= 15 is 0 Å². The molecule has 1 saturated heterocycles. The van der Waals surface area contributed by atoms with Crippen LogP contribution in [0.1, 0.15) is 22.4 Å². The van der Waals surface area contributed by atoms with Crippen LogP contribution >= 0.6 is 22.9 Å². The number of thiophene rings is 1. The number of amides is 1. The fourth-order valence-electron chi connectivity index (χ4n) is 2.71. The highest BCUT2D eigenvalue weighted by molar-refractivity contribution is 7.17. The molecule has 0 atom stereocenters. The molecule has 2 aromatic heterocycles. The Morgan fingerprint density at radius 3 is 2.67 bits per heavy atom. The van der Waals surface area contributed by atoms with Gasteiger partial charge in [-0.15, -0.1) is 11.3 Å². The molecule has 128 valence electrons. The molecule has 0 bridgehead atoms. The molecule has 0 saturated carbocycles. The van der Waals surface area contributed by atoms with Crippen LogP contribution in [-0.2, 0) is 0 Å². The largest absolute Gasteiger partial charge is 0.370 e. The standard InChI is InChI=1S/C16H20ClN5OS/c1-3-18-14-10-15(20-11(2)19-14)21-6-8-22(9-7-21)16(23)12-4-5-13(17)24-12/h4-5,10H,3,6-9H2,1-2H3,(H,18,19,20). The first-order chi connectivity index (χ1) is 11.6. The summed E-state index contributed by atoms with van der Waals surface area (Å²) in [4.78, 5) is 26.1. The van der Waals surface area contributed by atoms with Crippen molar-refractivity contribution in [2.75, 3.05) is 42.9 Å². The minimum Gasteiger partial charge on any atom is -0.370 e. The van der Waals surface area contributed by atoms with Crippen LogP contribution in [0.2, 0.25) is 4.34 Å². The van der Waals surface area contributed by atoms with Crippen molar-refractivity contribution in [1.29, 1.82) is 0 Å². The second-order valence-electron chi connectivity index (χ2n) is 5.57. The third kappa shape index (κ3) is 3.79. The SMILES string of the molecule is CCNc1cc(N2CCN(C(=O)c3ccc(Cl)s3)CC2)nc(C)n1. The van der Waals surface area contributed by atoms with Gasteiger partial charge in [0.1, 0.15) is 17.5 Å². The second-order valence-corrected chi connectivity index (χ2v) is 7.29. The van der Waals surface area contributed by atoms with Gasteiger partial charge in [-0.1, -0.05) is 11.6 Å². The Morgan fingerprint density at radius 1 is 1.29 bits per heavy atom. The maximum Gasteiger partial charge on any atom is 0.264 e. The van der Waals surface area contributed by atoms with Gasteiger partial charge in [0.25, 0.3) is 5.91 Å². The highest BCUT2D eigenvalue weighted by Crippen LogP contribution is 2.24. The highest BCUT2D eigenvalue weighted by Gasteiger charge is 2.24. The summed E-state index contributed by atoms with van der Waals surface area (Å²) in [6.45, 7) is 7.62. The molecule has 1 aliphatic rings. The molecule has 3 rings (SSSR count). The highest BCUT2D eigenvalue weighted by atomic mass is 35.5. The number of piperazine rings is 1. The molecule has 0 unspecified atom stereocenters. The van der Waals surface area contributed by atoms with Gasteiger partial charge < -0.3 is 15.1 Å². The summed E-state index contributed by atoms with van der Waals surface area (Å²) >= 11 is 7.25. The zero-order valence-electron chi connectivity index (χ0n) is 13.8. The zero-order valence-corrected chi connectivity index (χ0v) is 15.3. The van der Waals surface area contributed by atoms with E-state index in [1.165, 1.54) is 11.3 Å². The first-order valence-corrected chi connectivity index (χ1v) is 9.15. The quantitative estimate of drug-likeness (QED) is 0.902. The first kappa shape index (κ1) is 17.0. The van der Waals surface area contributed by atoms with E-state index in [9.17, 15) is 4.79 Å². The minimum absolute atomic E-state index is 0.0544. The van der Waals surface area contributed by atoms with Crippen molar-refractivity contribution in [3.8, 4) is 0 Å². The molecule has 0 aromatic carbocycles. The Hall–Kier alpha value is -1.86. The smallest absolute Gasteiger partial charge is 0.264 e. The molecule has 6 nitrogen and oxygen atoms in total. The van der Waals surface area contributed by atoms with Crippen molar-refractivity contribution >= 4 is 40.5 Å². The Kier molecular flexibility index (Phi) is 5.20. The van der Waals surface area contributed by atoms with Crippen molar-refractivity contribution in [3.05, 3.63) is 33.2 Å². The molecule has 1 fully saturated rings. The average Bonchev–Trinajstić information content (AvgIpc) is 3.00.